The van der Waals surface area contributed by atoms with Crippen molar-refractivity contribution in [3.8, 4) is 22.3 Å². The highest BCUT2D eigenvalue weighted by molar-refractivity contribution is 9.10. The van der Waals surface area contributed by atoms with Gasteiger partial charge in [0.25, 0.3) is 11.8 Å². The van der Waals surface area contributed by atoms with Crippen LogP contribution >= 0.6 is 31.9 Å². The van der Waals surface area contributed by atoms with Crippen molar-refractivity contribution in [1.29, 1.82) is 0 Å². The van der Waals surface area contributed by atoms with Crippen LogP contribution in [0.4, 0.5) is 5.69 Å². The SMILES string of the molecule is CC(C)c1cccc(C(C)C)c1N1C(=O)c2cc(-c3ccc4ccc(Br)cc4c3)cc3cc(-c4ccc5ccc(Br)cc5c4)cc(c23)C1=O. The van der Waals surface area contributed by atoms with Gasteiger partial charge in [-0.2, -0.15) is 0 Å². The van der Waals surface area contributed by atoms with Gasteiger partial charge in [-0.05, 0) is 133 Å². The number of benzene rings is 7. The Kier molecular flexibility index (Phi) is 7.81. The van der Waals surface area contributed by atoms with E-state index in [0.29, 0.717) is 22.2 Å². The summed E-state index contributed by atoms with van der Waals surface area (Å²) < 4.78 is 2.02. The zero-order chi connectivity index (χ0) is 34.1. The molecule has 0 radical (unpaired) electrons. The van der Waals surface area contributed by atoms with Crippen LogP contribution in [0.2, 0.25) is 0 Å². The van der Waals surface area contributed by atoms with Gasteiger partial charge < -0.3 is 0 Å². The number of nitrogens with zero attached hydrogens (tertiary/aromatic N) is 1. The maximum atomic E-state index is 14.8. The van der Waals surface area contributed by atoms with E-state index in [0.717, 1.165) is 69.3 Å². The topological polar surface area (TPSA) is 37.4 Å². The molecule has 1 heterocycles. The fourth-order valence-corrected chi connectivity index (χ4v) is 8.04. The maximum Gasteiger partial charge on any atom is 0.266 e. The first-order valence-electron chi connectivity index (χ1n) is 16.6. The number of para-hydroxylation sites is 1. The summed E-state index contributed by atoms with van der Waals surface area (Å²) in [5.74, 6) is -0.346. The Labute approximate surface area is 302 Å². The first kappa shape index (κ1) is 31.7. The standard InChI is InChI=1S/C44H33Br2NO2/c1-24(2)37-6-5-7-38(25(3)4)42(37)47-43(48)39-22-32(28-10-8-26-12-14-35(45)20-30(26)16-28)18-34-19-33(23-40(41(34)39)44(47)49)29-11-9-27-13-15-36(46)21-31(27)17-29/h5-25H,1-4H3. The normalized spacial score (nSPS) is 13.1. The molecular formula is C44H33Br2NO2. The predicted octanol–water partition coefficient (Wildman–Crippen LogP) is 13.1. The molecule has 0 aliphatic carbocycles. The maximum absolute atomic E-state index is 14.8. The van der Waals surface area contributed by atoms with Gasteiger partial charge in [-0.15, -0.1) is 0 Å². The molecule has 0 fully saturated rings. The molecule has 0 saturated carbocycles. The van der Waals surface area contributed by atoms with Crippen LogP contribution in [0.3, 0.4) is 0 Å². The van der Waals surface area contributed by atoms with Gasteiger partial charge in [-0.25, -0.2) is 4.90 Å². The highest BCUT2D eigenvalue weighted by atomic mass is 79.9. The Hall–Kier alpha value is -4.58. The van der Waals surface area contributed by atoms with Gasteiger partial charge in [-0.1, -0.05) is 114 Å². The third-order valence-corrected chi connectivity index (χ3v) is 10.7. The minimum atomic E-state index is -0.286. The van der Waals surface area contributed by atoms with Crippen molar-refractivity contribution in [2.45, 2.75) is 39.5 Å². The van der Waals surface area contributed by atoms with E-state index in [9.17, 15) is 9.59 Å². The molecule has 5 heteroatoms. The van der Waals surface area contributed by atoms with Crippen LogP contribution in [-0.4, -0.2) is 11.8 Å². The molecule has 2 amide bonds. The second kappa shape index (κ2) is 12.1. The van der Waals surface area contributed by atoms with Gasteiger partial charge in [0.15, 0.2) is 0 Å². The number of anilines is 1. The molecule has 240 valence electrons. The number of hydrogen-bond donors (Lipinski definition) is 0. The fraction of sp³-hybridized carbons (Fsp3) is 0.136. The van der Waals surface area contributed by atoms with Gasteiger partial charge in [-0.3, -0.25) is 9.59 Å². The zero-order valence-electron chi connectivity index (χ0n) is 27.6. The van der Waals surface area contributed by atoms with Gasteiger partial charge in [0.05, 0.1) is 5.69 Å². The number of hydrogen-bond acceptors (Lipinski definition) is 2. The molecular weight excluding hydrogens is 734 g/mol. The highest BCUT2D eigenvalue weighted by Gasteiger charge is 2.37. The molecule has 0 bridgehead atoms. The highest BCUT2D eigenvalue weighted by Crippen LogP contribution is 2.43. The Bertz CT molecular complexity index is 2360. The van der Waals surface area contributed by atoms with Crippen molar-refractivity contribution in [2.75, 3.05) is 4.90 Å². The monoisotopic (exact) mass is 765 g/mol. The van der Waals surface area contributed by atoms with Crippen LogP contribution in [0.5, 0.6) is 0 Å². The molecule has 8 rings (SSSR count). The van der Waals surface area contributed by atoms with E-state index in [2.05, 4.69) is 132 Å². The van der Waals surface area contributed by atoms with Crippen molar-refractivity contribution in [3.63, 3.8) is 0 Å². The van der Waals surface area contributed by atoms with E-state index in [1.807, 2.05) is 42.5 Å². The molecule has 0 N–H and O–H groups in total. The van der Waals surface area contributed by atoms with E-state index in [-0.39, 0.29) is 23.7 Å². The predicted molar refractivity (Wildman–Crippen MR) is 211 cm³/mol. The van der Waals surface area contributed by atoms with Crippen LogP contribution in [0, 0.1) is 0 Å². The van der Waals surface area contributed by atoms with Crippen LogP contribution in [-0.2, 0) is 0 Å². The van der Waals surface area contributed by atoms with E-state index in [4.69, 9.17) is 0 Å². The second-order valence-electron chi connectivity index (χ2n) is 13.6. The van der Waals surface area contributed by atoms with Crippen molar-refractivity contribution < 1.29 is 9.59 Å². The molecule has 1 aliphatic heterocycles. The van der Waals surface area contributed by atoms with E-state index in [1.165, 1.54) is 4.90 Å². The lowest BCUT2D eigenvalue weighted by atomic mass is 9.85. The van der Waals surface area contributed by atoms with Gasteiger partial charge >= 0.3 is 0 Å². The largest absolute Gasteiger partial charge is 0.268 e. The number of imide groups is 1. The molecule has 0 saturated heterocycles. The molecule has 0 atom stereocenters. The van der Waals surface area contributed by atoms with Gasteiger partial charge in [0, 0.05) is 25.5 Å². The number of amides is 2. The van der Waals surface area contributed by atoms with E-state index in [1.54, 1.807) is 0 Å². The molecule has 0 spiro atoms. The number of rotatable bonds is 5. The average Bonchev–Trinajstić information content (AvgIpc) is 3.09. The summed E-state index contributed by atoms with van der Waals surface area (Å²) in [6, 6.07) is 39.6. The van der Waals surface area contributed by atoms with Gasteiger partial charge in [0.2, 0.25) is 0 Å². The average molecular weight is 768 g/mol. The molecule has 0 aromatic heterocycles. The molecule has 0 unspecified atom stereocenters. The van der Waals surface area contributed by atoms with Crippen molar-refractivity contribution >= 4 is 81.7 Å². The molecule has 1 aliphatic rings. The fourth-order valence-electron chi connectivity index (χ4n) is 7.29. The molecule has 7 aromatic carbocycles. The minimum Gasteiger partial charge on any atom is -0.268 e. The third kappa shape index (κ3) is 5.40. The number of carbonyl (C=O) groups excluding carboxylic acids is 2. The molecule has 3 nitrogen and oxygen atoms in total. The van der Waals surface area contributed by atoms with Crippen LogP contribution in [0.1, 0.15) is 71.4 Å². The van der Waals surface area contributed by atoms with Crippen molar-refractivity contribution in [1.82, 2.24) is 0 Å². The summed E-state index contributed by atoms with van der Waals surface area (Å²) in [6.45, 7) is 8.46. The Balaban J connectivity index is 1.41. The summed E-state index contributed by atoms with van der Waals surface area (Å²) >= 11 is 7.24. The lowest BCUT2D eigenvalue weighted by molar-refractivity contribution is 0.0893. The summed E-state index contributed by atoms with van der Waals surface area (Å²) in [5.41, 5.74) is 7.64. The smallest absolute Gasteiger partial charge is 0.266 e. The molecule has 7 aromatic rings. The lowest BCUT2D eigenvalue weighted by Crippen LogP contribution is -2.42. The van der Waals surface area contributed by atoms with Crippen molar-refractivity contribution in [2.24, 2.45) is 0 Å². The van der Waals surface area contributed by atoms with Gasteiger partial charge in [0.1, 0.15) is 0 Å². The van der Waals surface area contributed by atoms with E-state index < -0.39 is 0 Å². The molecule has 49 heavy (non-hydrogen) atoms. The van der Waals surface area contributed by atoms with Crippen LogP contribution < -0.4 is 4.90 Å². The van der Waals surface area contributed by atoms with Crippen molar-refractivity contribution in [3.05, 3.63) is 146 Å². The van der Waals surface area contributed by atoms with Crippen LogP contribution in [0.15, 0.2) is 124 Å². The first-order valence-corrected chi connectivity index (χ1v) is 18.2. The zero-order valence-corrected chi connectivity index (χ0v) is 30.8. The summed E-state index contributed by atoms with van der Waals surface area (Å²) in [4.78, 5) is 31.1. The summed E-state index contributed by atoms with van der Waals surface area (Å²) in [5, 5.41) is 6.06. The van der Waals surface area contributed by atoms with E-state index >= 15 is 0 Å². The second-order valence-corrected chi connectivity index (χ2v) is 15.4. The quantitative estimate of drug-likeness (QED) is 0.164. The summed E-state index contributed by atoms with van der Waals surface area (Å²) in [6.07, 6.45) is 0. The Morgan fingerprint density at radius 1 is 0.469 bits per heavy atom. The number of fused-ring (bicyclic) bond motifs is 2. The third-order valence-electron chi connectivity index (χ3n) is 9.75. The van der Waals surface area contributed by atoms with Crippen LogP contribution in [0.25, 0.3) is 54.6 Å². The minimum absolute atomic E-state index is 0.113. The first-order chi connectivity index (χ1) is 23.6. The number of halogens is 2. The number of carbonyl (C=O) groups is 2. The lowest BCUT2D eigenvalue weighted by Gasteiger charge is -2.32. The Morgan fingerprint density at radius 2 is 0.898 bits per heavy atom. The summed E-state index contributed by atoms with van der Waals surface area (Å²) in [7, 11) is 0. The Morgan fingerprint density at radius 3 is 1.35 bits per heavy atom.